The molecule has 0 unspecified atom stereocenters. The van der Waals surface area contributed by atoms with Crippen molar-refractivity contribution in [2.45, 2.75) is 20.8 Å². The average molecular weight is 286 g/mol. The number of hydrogen-bond donors (Lipinski definition) is 2. The third kappa shape index (κ3) is 3.21. The van der Waals surface area contributed by atoms with E-state index in [1.807, 2.05) is 39.0 Å². The Labute approximate surface area is 124 Å². The Morgan fingerprint density at radius 2 is 1.67 bits per heavy atom. The van der Waals surface area contributed by atoms with Crippen LogP contribution in [-0.4, -0.2) is 12.5 Å². The smallest absolute Gasteiger partial charge is 0.257 e. The van der Waals surface area contributed by atoms with Crippen LogP contribution in [0.15, 0.2) is 36.4 Å². The zero-order valence-electron chi connectivity index (χ0n) is 12.5. The minimum atomic E-state index is -0.425. The minimum Gasteiger partial charge on any atom is -0.382 e. The van der Waals surface area contributed by atoms with Gasteiger partial charge < -0.3 is 10.6 Å². The van der Waals surface area contributed by atoms with E-state index >= 15 is 0 Å². The summed E-state index contributed by atoms with van der Waals surface area (Å²) in [5.41, 5.74) is 3.27. The highest BCUT2D eigenvalue weighted by Crippen LogP contribution is 2.24. The van der Waals surface area contributed by atoms with E-state index in [2.05, 4.69) is 10.6 Å². The maximum atomic E-state index is 13.9. The number of anilines is 2. The van der Waals surface area contributed by atoms with E-state index in [9.17, 15) is 9.18 Å². The largest absolute Gasteiger partial charge is 0.382 e. The molecule has 2 aromatic carbocycles. The number of carbonyl (C=O) groups is 1. The summed E-state index contributed by atoms with van der Waals surface area (Å²) in [5, 5.41) is 5.78. The molecule has 2 N–H and O–H groups in total. The highest BCUT2D eigenvalue weighted by Gasteiger charge is 2.16. The molecule has 2 aromatic rings. The quantitative estimate of drug-likeness (QED) is 0.887. The predicted molar refractivity (Wildman–Crippen MR) is 84.4 cm³/mol. The van der Waals surface area contributed by atoms with Crippen LogP contribution < -0.4 is 10.6 Å². The molecule has 2 rings (SSSR count). The molecule has 0 saturated carbocycles. The molecule has 0 bridgehead atoms. The van der Waals surface area contributed by atoms with Crippen molar-refractivity contribution >= 4 is 17.3 Å². The molecule has 0 aliphatic heterocycles. The Hall–Kier alpha value is -2.36. The molecule has 0 atom stereocenters. The first kappa shape index (κ1) is 15.0. The van der Waals surface area contributed by atoms with Gasteiger partial charge >= 0.3 is 0 Å². The summed E-state index contributed by atoms with van der Waals surface area (Å²) in [4.78, 5) is 12.4. The number of para-hydroxylation sites is 2. The first-order chi connectivity index (χ1) is 10.0. The molecule has 0 radical (unpaired) electrons. The number of hydrogen-bond acceptors (Lipinski definition) is 2. The van der Waals surface area contributed by atoms with Crippen molar-refractivity contribution in [3.63, 3.8) is 0 Å². The number of aryl methyl sites for hydroxylation is 2. The topological polar surface area (TPSA) is 41.1 Å². The fourth-order valence-corrected chi connectivity index (χ4v) is 2.26. The van der Waals surface area contributed by atoms with Crippen LogP contribution >= 0.6 is 0 Å². The van der Waals surface area contributed by atoms with Crippen LogP contribution in [0.1, 0.15) is 28.4 Å². The van der Waals surface area contributed by atoms with Gasteiger partial charge in [-0.15, -0.1) is 0 Å². The fraction of sp³-hybridized carbons (Fsp3) is 0.235. The van der Waals surface area contributed by atoms with E-state index < -0.39 is 5.82 Å². The van der Waals surface area contributed by atoms with Crippen LogP contribution in [0.25, 0.3) is 0 Å². The highest BCUT2D eigenvalue weighted by atomic mass is 19.1. The molecule has 0 aromatic heterocycles. The number of carbonyl (C=O) groups excluding carboxylic acids is 1. The van der Waals surface area contributed by atoms with Crippen molar-refractivity contribution < 1.29 is 9.18 Å². The van der Waals surface area contributed by atoms with Gasteiger partial charge in [-0.05, 0) is 44.0 Å². The molecule has 0 spiro atoms. The summed E-state index contributed by atoms with van der Waals surface area (Å²) in [7, 11) is 0. The molecule has 0 heterocycles. The van der Waals surface area contributed by atoms with Crippen LogP contribution in [0, 0.1) is 19.7 Å². The SMILES string of the molecule is CCNc1c(F)cccc1C(=O)Nc1c(C)cccc1C. The Bertz CT molecular complexity index is 648. The minimum absolute atomic E-state index is 0.240. The molecule has 3 nitrogen and oxygen atoms in total. The zero-order chi connectivity index (χ0) is 15.4. The standard InChI is InChI=1S/C17H19FN2O/c1-4-19-16-13(9-6-10-14(16)18)17(21)20-15-11(2)7-5-8-12(15)3/h5-10,19H,4H2,1-3H3,(H,20,21). The third-order valence-electron chi connectivity index (χ3n) is 3.33. The van der Waals surface area contributed by atoms with Gasteiger partial charge in [0.15, 0.2) is 0 Å². The first-order valence-electron chi connectivity index (χ1n) is 6.94. The second-order valence-corrected chi connectivity index (χ2v) is 4.91. The fourth-order valence-electron chi connectivity index (χ4n) is 2.26. The molecule has 0 fully saturated rings. The van der Waals surface area contributed by atoms with Crippen LogP contribution in [-0.2, 0) is 0 Å². The lowest BCUT2D eigenvalue weighted by Crippen LogP contribution is -2.17. The summed E-state index contributed by atoms with van der Waals surface area (Å²) >= 11 is 0. The second-order valence-electron chi connectivity index (χ2n) is 4.91. The molecular formula is C17H19FN2O. The monoisotopic (exact) mass is 286 g/mol. The van der Waals surface area contributed by atoms with Gasteiger partial charge in [-0.3, -0.25) is 4.79 Å². The van der Waals surface area contributed by atoms with Crippen molar-refractivity contribution in [3.8, 4) is 0 Å². The van der Waals surface area contributed by atoms with Crippen LogP contribution in [0.3, 0.4) is 0 Å². The Balaban J connectivity index is 2.35. The van der Waals surface area contributed by atoms with Gasteiger partial charge in [-0.25, -0.2) is 4.39 Å². The van der Waals surface area contributed by atoms with Crippen molar-refractivity contribution in [1.82, 2.24) is 0 Å². The number of halogens is 1. The highest BCUT2D eigenvalue weighted by molar-refractivity contribution is 6.08. The van der Waals surface area contributed by atoms with Crippen molar-refractivity contribution in [2.24, 2.45) is 0 Å². The maximum Gasteiger partial charge on any atom is 0.257 e. The summed E-state index contributed by atoms with van der Waals surface area (Å²) in [6, 6.07) is 10.3. The van der Waals surface area contributed by atoms with Crippen LogP contribution in [0.4, 0.5) is 15.8 Å². The Kier molecular flexibility index (Phi) is 4.58. The molecular weight excluding hydrogens is 267 g/mol. The van der Waals surface area contributed by atoms with E-state index in [4.69, 9.17) is 0 Å². The lowest BCUT2D eigenvalue weighted by Gasteiger charge is -2.14. The number of benzene rings is 2. The lowest BCUT2D eigenvalue weighted by molar-refractivity contribution is 0.102. The Morgan fingerprint density at radius 1 is 1.05 bits per heavy atom. The summed E-state index contributed by atoms with van der Waals surface area (Å²) in [5.74, 6) is -0.742. The molecule has 21 heavy (non-hydrogen) atoms. The first-order valence-corrected chi connectivity index (χ1v) is 6.94. The Morgan fingerprint density at radius 3 is 2.29 bits per heavy atom. The summed E-state index contributed by atoms with van der Waals surface area (Å²) in [6.07, 6.45) is 0. The lowest BCUT2D eigenvalue weighted by atomic mass is 10.1. The van der Waals surface area contributed by atoms with Crippen LogP contribution in [0.2, 0.25) is 0 Å². The summed E-state index contributed by atoms with van der Waals surface area (Å²) < 4.78 is 13.9. The van der Waals surface area contributed by atoms with E-state index in [0.29, 0.717) is 12.1 Å². The average Bonchev–Trinajstić information content (AvgIpc) is 2.45. The van der Waals surface area contributed by atoms with Crippen molar-refractivity contribution in [3.05, 3.63) is 58.9 Å². The predicted octanol–water partition coefficient (Wildman–Crippen LogP) is 4.13. The number of nitrogens with one attached hydrogen (secondary N) is 2. The van der Waals surface area contributed by atoms with Crippen LogP contribution in [0.5, 0.6) is 0 Å². The molecule has 0 saturated heterocycles. The van der Waals surface area contributed by atoms with E-state index in [-0.39, 0.29) is 11.6 Å². The van der Waals surface area contributed by atoms with Gasteiger partial charge in [-0.1, -0.05) is 24.3 Å². The zero-order valence-corrected chi connectivity index (χ0v) is 12.5. The van der Waals surface area contributed by atoms with E-state index in [1.54, 1.807) is 6.07 Å². The molecule has 110 valence electrons. The molecule has 1 amide bonds. The molecule has 4 heteroatoms. The third-order valence-corrected chi connectivity index (χ3v) is 3.33. The van der Waals surface area contributed by atoms with Gasteiger partial charge in [0.05, 0.1) is 11.3 Å². The van der Waals surface area contributed by atoms with Gasteiger partial charge in [0.2, 0.25) is 0 Å². The summed E-state index contributed by atoms with van der Waals surface area (Å²) in [6.45, 7) is 6.27. The number of amides is 1. The van der Waals surface area contributed by atoms with Gasteiger partial charge in [0.25, 0.3) is 5.91 Å². The molecule has 0 aliphatic carbocycles. The molecule has 0 aliphatic rings. The van der Waals surface area contributed by atoms with E-state index in [0.717, 1.165) is 16.8 Å². The van der Waals surface area contributed by atoms with Crippen molar-refractivity contribution in [2.75, 3.05) is 17.2 Å². The second kappa shape index (κ2) is 6.39. The van der Waals surface area contributed by atoms with Gasteiger partial charge in [0, 0.05) is 12.2 Å². The van der Waals surface area contributed by atoms with Gasteiger partial charge in [-0.2, -0.15) is 0 Å². The normalized spacial score (nSPS) is 10.3. The maximum absolute atomic E-state index is 13.9. The number of rotatable bonds is 4. The van der Waals surface area contributed by atoms with Crippen molar-refractivity contribution in [1.29, 1.82) is 0 Å². The van der Waals surface area contributed by atoms with Gasteiger partial charge in [0.1, 0.15) is 5.82 Å². The van der Waals surface area contributed by atoms with E-state index in [1.165, 1.54) is 12.1 Å².